The van der Waals surface area contributed by atoms with Gasteiger partial charge in [-0.05, 0) is 50.0 Å². The Morgan fingerprint density at radius 1 is 1.32 bits per heavy atom. The lowest BCUT2D eigenvalue weighted by Gasteiger charge is -2.13. The van der Waals surface area contributed by atoms with Crippen LogP contribution in [0.1, 0.15) is 44.9 Å². The van der Waals surface area contributed by atoms with Crippen LogP contribution in [0.4, 0.5) is 0 Å². The average Bonchev–Trinajstić information content (AvgIpc) is 2.87. The number of unbranched alkanes of at least 4 members (excludes halogenated alkanes) is 1. The van der Waals surface area contributed by atoms with Crippen LogP contribution in [-0.4, -0.2) is 19.4 Å². The van der Waals surface area contributed by atoms with Crippen molar-refractivity contribution in [3.8, 4) is 0 Å². The van der Waals surface area contributed by atoms with Crippen LogP contribution in [0.25, 0.3) is 0 Å². The van der Waals surface area contributed by atoms with Crippen molar-refractivity contribution in [2.45, 2.75) is 44.9 Å². The Morgan fingerprint density at radius 2 is 2.16 bits per heavy atom. The first kappa shape index (κ1) is 15.7. The minimum Gasteiger partial charge on any atom is -0.469 e. The summed E-state index contributed by atoms with van der Waals surface area (Å²) in [6.07, 6.45) is 16.0. The van der Waals surface area contributed by atoms with E-state index in [1.165, 1.54) is 26.4 Å². The van der Waals surface area contributed by atoms with Crippen LogP contribution >= 0.6 is 0 Å². The predicted molar refractivity (Wildman–Crippen MR) is 75.7 cm³/mol. The van der Waals surface area contributed by atoms with Gasteiger partial charge in [-0.3, -0.25) is 9.59 Å². The van der Waals surface area contributed by atoms with E-state index in [0.717, 1.165) is 25.5 Å². The zero-order valence-corrected chi connectivity index (χ0v) is 11.7. The van der Waals surface area contributed by atoms with Crippen molar-refractivity contribution in [2.24, 2.45) is 11.8 Å². The Bertz CT molecular complexity index is 331. The van der Waals surface area contributed by atoms with Crippen LogP contribution < -0.4 is 0 Å². The Morgan fingerprint density at radius 3 is 2.89 bits per heavy atom. The van der Waals surface area contributed by atoms with Gasteiger partial charge < -0.3 is 4.74 Å². The Kier molecular flexibility index (Phi) is 7.87. The molecule has 1 rings (SSSR count). The molecule has 0 bridgehead atoms. The van der Waals surface area contributed by atoms with Gasteiger partial charge in [0.05, 0.1) is 7.11 Å². The zero-order chi connectivity index (χ0) is 13.9. The number of allylic oxidation sites excluding steroid dienone is 4. The third kappa shape index (κ3) is 6.37. The first-order chi connectivity index (χ1) is 9.27. The van der Waals surface area contributed by atoms with Crippen LogP contribution in [0.15, 0.2) is 24.3 Å². The normalized spacial score (nSPS) is 23.2. The average molecular weight is 264 g/mol. The highest BCUT2D eigenvalue weighted by Gasteiger charge is 2.23. The number of methoxy groups -OCH3 is 1. The van der Waals surface area contributed by atoms with Crippen LogP contribution in [0.5, 0.6) is 0 Å². The van der Waals surface area contributed by atoms with E-state index < -0.39 is 0 Å². The molecule has 0 spiro atoms. The van der Waals surface area contributed by atoms with Crippen molar-refractivity contribution in [1.29, 1.82) is 0 Å². The number of rotatable bonds is 8. The fourth-order valence-electron chi connectivity index (χ4n) is 2.65. The number of carbonyl (C=O) groups is 2. The second-order valence-electron chi connectivity index (χ2n) is 5.05. The van der Waals surface area contributed by atoms with Gasteiger partial charge in [-0.15, -0.1) is 0 Å². The number of esters is 1. The summed E-state index contributed by atoms with van der Waals surface area (Å²) in [7, 11) is 1.42. The lowest BCUT2D eigenvalue weighted by Crippen LogP contribution is -2.03. The number of hydrogen-bond acceptors (Lipinski definition) is 3. The molecular formula is C16H24O3. The molecule has 19 heavy (non-hydrogen) atoms. The molecule has 0 aliphatic heterocycles. The van der Waals surface area contributed by atoms with Gasteiger partial charge in [0.15, 0.2) is 0 Å². The Labute approximate surface area is 115 Å². The Hall–Kier alpha value is -1.38. The highest BCUT2D eigenvalue weighted by atomic mass is 16.5. The number of ether oxygens (including phenoxy) is 1. The second-order valence-corrected chi connectivity index (χ2v) is 5.05. The maximum atomic E-state index is 10.9. The molecule has 0 unspecified atom stereocenters. The molecule has 0 aromatic carbocycles. The minimum atomic E-state index is -0.136. The summed E-state index contributed by atoms with van der Waals surface area (Å²) in [5.41, 5.74) is 0. The predicted octanol–water partition coefficient (Wildman–Crippen LogP) is 3.45. The lowest BCUT2D eigenvalue weighted by atomic mass is 9.92. The first-order valence-corrected chi connectivity index (χ1v) is 7.11. The van der Waals surface area contributed by atoms with Crippen LogP contribution in [0, 0.1) is 11.8 Å². The van der Waals surface area contributed by atoms with Gasteiger partial charge in [0.1, 0.15) is 6.29 Å². The summed E-state index contributed by atoms with van der Waals surface area (Å²) in [6.45, 7) is 0. The molecule has 106 valence electrons. The standard InChI is InChI=1S/C16H24O3/c1-19-16(18)12-5-3-2-4-8-14-9-6-10-15(14)11-7-13-17/h2,4,7,11,13-15H,3,5-6,8-10,12H2,1H3/b4-2-,11-7+/t14-,15-/m0/s1. The van der Waals surface area contributed by atoms with E-state index in [0.29, 0.717) is 18.3 Å². The topological polar surface area (TPSA) is 43.4 Å². The van der Waals surface area contributed by atoms with Gasteiger partial charge in [-0.2, -0.15) is 0 Å². The van der Waals surface area contributed by atoms with Crippen LogP contribution in [-0.2, 0) is 14.3 Å². The molecule has 1 fully saturated rings. The van der Waals surface area contributed by atoms with Gasteiger partial charge in [-0.25, -0.2) is 0 Å². The number of hydrogen-bond donors (Lipinski definition) is 0. The van der Waals surface area contributed by atoms with Crippen molar-refractivity contribution in [2.75, 3.05) is 7.11 Å². The SMILES string of the molecule is COC(=O)CCC/C=C\C[C@H]1CCC[C@H]1/C=C/C=O. The minimum absolute atomic E-state index is 0.136. The van der Waals surface area contributed by atoms with Gasteiger partial charge >= 0.3 is 5.97 Å². The largest absolute Gasteiger partial charge is 0.469 e. The molecule has 0 radical (unpaired) electrons. The van der Waals surface area contributed by atoms with Gasteiger partial charge in [0.25, 0.3) is 0 Å². The molecule has 1 aliphatic carbocycles. The van der Waals surface area contributed by atoms with Crippen LogP contribution in [0.3, 0.4) is 0 Å². The fourth-order valence-corrected chi connectivity index (χ4v) is 2.65. The van der Waals surface area contributed by atoms with Crippen molar-refractivity contribution >= 4 is 12.3 Å². The van der Waals surface area contributed by atoms with Gasteiger partial charge in [0, 0.05) is 6.42 Å². The molecule has 0 saturated heterocycles. The van der Waals surface area contributed by atoms with E-state index in [9.17, 15) is 9.59 Å². The van der Waals surface area contributed by atoms with Crippen LogP contribution in [0.2, 0.25) is 0 Å². The van der Waals surface area contributed by atoms with Crippen molar-refractivity contribution in [3.05, 3.63) is 24.3 Å². The molecule has 3 nitrogen and oxygen atoms in total. The molecule has 3 heteroatoms. The molecule has 0 heterocycles. The summed E-state index contributed by atoms with van der Waals surface area (Å²) in [5.74, 6) is 1.10. The maximum Gasteiger partial charge on any atom is 0.305 e. The summed E-state index contributed by atoms with van der Waals surface area (Å²) in [4.78, 5) is 21.3. The van der Waals surface area contributed by atoms with Gasteiger partial charge in [-0.1, -0.05) is 24.6 Å². The quantitative estimate of drug-likeness (QED) is 0.222. The number of aldehydes is 1. The third-order valence-electron chi connectivity index (χ3n) is 3.74. The molecule has 0 amide bonds. The molecular weight excluding hydrogens is 240 g/mol. The lowest BCUT2D eigenvalue weighted by molar-refractivity contribution is -0.140. The van der Waals surface area contributed by atoms with E-state index in [1.807, 2.05) is 0 Å². The highest BCUT2D eigenvalue weighted by molar-refractivity contribution is 5.69. The Balaban J connectivity index is 2.18. The third-order valence-corrected chi connectivity index (χ3v) is 3.74. The monoisotopic (exact) mass is 264 g/mol. The summed E-state index contributed by atoms with van der Waals surface area (Å²) in [5, 5.41) is 0. The number of carbonyl (C=O) groups excluding carboxylic acids is 2. The summed E-state index contributed by atoms with van der Waals surface area (Å²) in [6, 6.07) is 0. The molecule has 0 aromatic heterocycles. The second kappa shape index (κ2) is 9.54. The smallest absolute Gasteiger partial charge is 0.305 e. The fraction of sp³-hybridized carbons (Fsp3) is 0.625. The zero-order valence-electron chi connectivity index (χ0n) is 11.7. The summed E-state index contributed by atoms with van der Waals surface area (Å²) >= 11 is 0. The molecule has 1 saturated carbocycles. The van der Waals surface area contributed by atoms with E-state index in [2.05, 4.69) is 23.0 Å². The van der Waals surface area contributed by atoms with Gasteiger partial charge in [0.2, 0.25) is 0 Å². The van der Waals surface area contributed by atoms with E-state index in [1.54, 1.807) is 6.08 Å². The van der Waals surface area contributed by atoms with Crippen molar-refractivity contribution < 1.29 is 14.3 Å². The first-order valence-electron chi connectivity index (χ1n) is 7.11. The maximum absolute atomic E-state index is 10.9. The van der Waals surface area contributed by atoms with E-state index >= 15 is 0 Å². The van der Waals surface area contributed by atoms with Crippen molar-refractivity contribution in [1.82, 2.24) is 0 Å². The van der Waals surface area contributed by atoms with Crippen molar-refractivity contribution in [3.63, 3.8) is 0 Å². The summed E-state index contributed by atoms with van der Waals surface area (Å²) < 4.78 is 4.59. The highest BCUT2D eigenvalue weighted by Crippen LogP contribution is 2.35. The molecule has 2 atom stereocenters. The van der Waals surface area contributed by atoms with E-state index in [-0.39, 0.29) is 5.97 Å². The molecule has 1 aliphatic rings. The molecule has 0 N–H and O–H groups in total. The molecule has 0 aromatic rings. The van der Waals surface area contributed by atoms with E-state index in [4.69, 9.17) is 0 Å².